The Morgan fingerprint density at radius 1 is 1.16 bits per heavy atom. The molecule has 2 atom stereocenters. The van der Waals surface area contributed by atoms with Gasteiger partial charge in [-0.1, -0.05) is 43.3 Å². The molecule has 2 unspecified atom stereocenters. The first-order valence-corrected chi connectivity index (χ1v) is 6.61. The predicted octanol–water partition coefficient (Wildman–Crippen LogP) is 3.12. The maximum absolute atomic E-state index is 11.2. The molecule has 19 heavy (non-hydrogen) atoms. The normalized spacial score (nSPS) is 25.1. The second-order valence-corrected chi connectivity index (χ2v) is 5.26. The van der Waals surface area contributed by atoms with Crippen LogP contribution >= 0.6 is 0 Å². The first-order chi connectivity index (χ1) is 9.16. The van der Waals surface area contributed by atoms with Crippen LogP contribution in [0.25, 0.3) is 0 Å². The van der Waals surface area contributed by atoms with Gasteiger partial charge in [0.2, 0.25) is 0 Å². The monoisotopic (exact) mass is 254 g/mol. The van der Waals surface area contributed by atoms with Gasteiger partial charge < -0.3 is 9.84 Å². The lowest BCUT2D eigenvalue weighted by Gasteiger charge is -2.29. The van der Waals surface area contributed by atoms with Gasteiger partial charge in [-0.25, -0.2) is 0 Å². The molecule has 2 heteroatoms. The Kier molecular flexibility index (Phi) is 2.83. The molecule has 2 aromatic carbocycles. The van der Waals surface area contributed by atoms with Crippen LogP contribution in [-0.2, 0) is 12.0 Å². The molecule has 2 nitrogen and oxygen atoms in total. The Bertz CT molecular complexity index is 591. The summed E-state index contributed by atoms with van der Waals surface area (Å²) in [7, 11) is 1.67. The third-order valence-electron chi connectivity index (χ3n) is 4.18. The van der Waals surface area contributed by atoms with Crippen molar-refractivity contribution in [3.8, 4) is 5.75 Å². The number of fused-ring (bicyclic) bond motifs is 1. The minimum Gasteiger partial charge on any atom is -0.497 e. The van der Waals surface area contributed by atoms with Gasteiger partial charge in [0.15, 0.2) is 0 Å². The van der Waals surface area contributed by atoms with E-state index >= 15 is 0 Å². The van der Waals surface area contributed by atoms with E-state index in [0.717, 1.165) is 23.3 Å². The molecular weight excluding hydrogens is 236 g/mol. The van der Waals surface area contributed by atoms with E-state index in [-0.39, 0.29) is 5.92 Å². The van der Waals surface area contributed by atoms with Crippen LogP contribution in [0.5, 0.6) is 5.75 Å². The molecule has 1 aliphatic rings. The fraction of sp³-hybridized carbons (Fsp3) is 0.294. The summed E-state index contributed by atoms with van der Waals surface area (Å²) in [5, 5.41) is 11.2. The number of benzene rings is 2. The zero-order valence-corrected chi connectivity index (χ0v) is 11.3. The molecule has 0 heterocycles. The highest BCUT2D eigenvalue weighted by atomic mass is 16.5. The van der Waals surface area contributed by atoms with Crippen molar-refractivity contribution >= 4 is 0 Å². The fourth-order valence-corrected chi connectivity index (χ4v) is 3.11. The molecule has 0 spiro atoms. The smallest absolute Gasteiger partial charge is 0.119 e. The van der Waals surface area contributed by atoms with Crippen molar-refractivity contribution in [2.24, 2.45) is 5.92 Å². The van der Waals surface area contributed by atoms with Crippen molar-refractivity contribution in [3.63, 3.8) is 0 Å². The number of rotatable bonds is 2. The van der Waals surface area contributed by atoms with Crippen molar-refractivity contribution in [1.82, 2.24) is 0 Å². The van der Waals surface area contributed by atoms with Gasteiger partial charge in [0.1, 0.15) is 11.4 Å². The summed E-state index contributed by atoms with van der Waals surface area (Å²) in [5.41, 5.74) is 2.26. The maximum Gasteiger partial charge on any atom is 0.119 e. The summed E-state index contributed by atoms with van der Waals surface area (Å²) in [4.78, 5) is 0. The third-order valence-corrected chi connectivity index (χ3v) is 4.18. The van der Waals surface area contributed by atoms with E-state index in [0.29, 0.717) is 0 Å². The van der Waals surface area contributed by atoms with Crippen LogP contribution in [0.3, 0.4) is 0 Å². The van der Waals surface area contributed by atoms with Gasteiger partial charge in [-0.3, -0.25) is 0 Å². The van der Waals surface area contributed by atoms with E-state index < -0.39 is 5.60 Å². The van der Waals surface area contributed by atoms with Gasteiger partial charge in [0.25, 0.3) is 0 Å². The molecule has 0 saturated carbocycles. The Morgan fingerprint density at radius 3 is 2.58 bits per heavy atom. The zero-order chi connectivity index (χ0) is 13.5. The highest BCUT2D eigenvalue weighted by molar-refractivity contribution is 5.49. The first-order valence-electron chi connectivity index (χ1n) is 6.61. The second-order valence-electron chi connectivity index (χ2n) is 5.26. The summed E-state index contributed by atoms with van der Waals surface area (Å²) in [6.45, 7) is 2.10. The van der Waals surface area contributed by atoms with E-state index in [1.165, 1.54) is 5.56 Å². The predicted molar refractivity (Wildman–Crippen MR) is 75.3 cm³/mol. The Hall–Kier alpha value is -1.80. The zero-order valence-electron chi connectivity index (χ0n) is 11.3. The number of ether oxygens (including phenoxy) is 1. The van der Waals surface area contributed by atoms with Gasteiger partial charge >= 0.3 is 0 Å². The van der Waals surface area contributed by atoms with Crippen LogP contribution in [0.1, 0.15) is 23.6 Å². The molecule has 0 aliphatic heterocycles. The highest BCUT2D eigenvalue weighted by Gasteiger charge is 2.44. The average Bonchev–Trinajstić information content (AvgIpc) is 2.72. The number of hydrogen-bond donors (Lipinski definition) is 1. The Labute approximate surface area is 113 Å². The molecule has 0 fully saturated rings. The molecule has 2 aromatic rings. The minimum absolute atomic E-state index is 0.164. The van der Waals surface area contributed by atoms with Gasteiger partial charge in [0, 0.05) is 0 Å². The Morgan fingerprint density at radius 2 is 1.89 bits per heavy atom. The van der Waals surface area contributed by atoms with E-state index in [1.807, 2.05) is 48.5 Å². The number of aliphatic hydroxyl groups is 1. The summed E-state index contributed by atoms with van der Waals surface area (Å²) >= 11 is 0. The molecule has 0 aromatic heterocycles. The van der Waals surface area contributed by atoms with Crippen LogP contribution < -0.4 is 4.74 Å². The fourth-order valence-electron chi connectivity index (χ4n) is 3.11. The average molecular weight is 254 g/mol. The highest BCUT2D eigenvalue weighted by Crippen LogP contribution is 2.46. The Balaban J connectivity index is 2.15. The lowest BCUT2D eigenvalue weighted by Crippen LogP contribution is -2.31. The second kappa shape index (κ2) is 4.39. The van der Waals surface area contributed by atoms with E-state index in [9.17, 15) is 5.11 Å². The van der Waals surface area contributed by atoms with Crippen molar-refractivity contribution in [1.29, 1.82) is 0 Å². The van der Waals surface area contributed by atoms with E-state index in [4.69, 9.17) is 4.74 Å². The standard InChI is InChI=1S/C17H18O2/c1-12-10-13-11-15(19-2)8-9-16(13)17(12,18)14-6-4-3-5-7-14/h3-9,11-12,18H,10H2,1-2H3. The molecule has 98 valence electrons. The molecule has 0 saturated heterocycles. The van der Waals surface area contributed by atoms with Crippen LogP contribution in [0.2, 0.25) is 0 Å². The lowest BCUT2D eigenvalue weighted by atomic mass is 9.82. The molecule has 0 amide bonds. The number of hydrogen-bond acceptors (Lipinski definition) is 2. The van der Waals surface area contributed by atoms with Crippen LogP contribution in [-0.4, -0.2) is 12.2 Å². The topological polar surface area (TPSA) is 29.5 Å². The molecular formula is C17H18O2. The molecule has 0 bridgehead atoms. The van der Waals surface area contributed by atoms with Gasteiger partial charge in [-0.2, -0.15) is 0 Å². The summed E-state index contributed by atoms with van der Waals surface area (Å²) < 4.78 is 5.27. The maximum atomic E-state index is 11.2. The van der Waals surface area contributed by atoms with E-state index in [2.05, 4.69) is 6.92 Å². The summed E-state index contributed by atoms with van der Waals surface area (Å²) in [6.07, 6.45) is 0.873. The van der Waals surface area contributed by atoms with Crippen molar-refractivity contribution in [2.75, 3.05) is 7.11 Å². The van der Waals surface area contributed by atoms with Gasteiger partial charge in [0.05, 0.1) is 7.11 Å². The van der Waals surface area contributed by atoms with Gasteiger partial charge in [-0.15, -0.1) is 0 Å². The van der Waals surface area contributed by atoms with Gasteiger partial charge in [-0.05, 0) is 41.2 Å². The largest absolute Gasteiger partial charge is 0.497 e. The van der Waals surface area contributed by atoms with Crippen LogP contribution in [0, 0.1) is 5.92 Å². The SMILES string of the molecule is COc1ccc2c(c1)CC(C)C2(O)c1ccccc1. The molecule has 3 rings (SSSR count). The first kappa shape index (κ1) is 12.2. The summed E-state index contributed by atoms with van der Waals surface area (Å²) in [5.74, 6) is 1.01. The van der Waals surface area contributed by atoms with Crippen molar-refractivity contribution in [2.45, 2.75) is 18.9 Å². The number of methoxy groups -OCH3 is 1. The molecule has 1 aliphatic carbocycles. The summed E-state index contributed by atoms with van der Waals surface area (Å²) in [6, 6.07) is 15.9. The minimum atomic E-state index is -0.886. The van der Waals surface area contributed by atoms with E-state index in [1.54, 1.807) is 7.11 Å². The lowest BCUT2D eigenvalue weighted by molar-refractivity contribution is 0.0380. The molecule has 0 radical (unpaired) electrons. The molecule has 1 N–H and O–H groups in total. The third kappa shape index (κ3) is 1.75. The van der Waals surface area contributed by atoms with Crippen LogP contribution in [0.4, 0.5) is 0 Å². The van der Waals surface area contributed by atoms with Crippen LogP contribution in [0.15, 0.2) is 48.5 Å². The van der Waals surface area contributed by atoms with Crippen molar-refractivity contribution in [3.05, 3.63) is 65.2 Å². The van der Waals surface area contributed by atoms with Crippen molar-refractivity contribution < 1.29 is 9.84 Å². The quantitative estimate of drug-likeness (QED) is 0.892.